The van der Waals surface area contributed by atoms with Crippen LogP contribution in [0, 0.1) is 5.92 Å². The Labute approximate surface area is 115 Å². The maximum absolute atomic E-state index is 5.47. The minimum absolute atomic E-state index is 0.288. The summed E-state index contributed by atoms with van der Waals surface area (Å²) < 4.78 is 0. The molecule has 1 fully saturated rings. The van der Waals surface area contributed by atoms with Gasteiger partial charge in [0.15, 0.2) is 0 Å². The van der Waals surface area contributed by atoms with Crippen LogP contribution >= 0.6 is 0 Å². The van der Waals surface area contributed by atoms with Crippen molar-refractivity contribution >= 4 is 11.6 Å². The van der Waals surface area contributed by atoms with E-state index in [4.69, 9.17) is 5.84 Å². The fourth-order valence-corrected chi connectivity index (χ4v) is 2.68. The fraction of sp³-hybridized carbons (Fsp3) is 0.714. The van der Waals surface area contributed by atoms with Gasteiger partial charge in [0.05, 0.1) is 0 Å². The summed E-state index contributed by atoms with van der Waals surface area (Å²) in [5.74, 6) is 8.87. The minimum Gasteiger partial charge on any atom is -0.367 e. The molecule has 0 saturated heterocycles. The summed E-state index contributed by atoms with van der Waals surface area (Å²) in [6.07, 6.45) is 5.34. The molecule has 106 valence electrons. The first-order valence-electron chi connectivity index (χ1n) is 7.22. The van der Waals surface area contributed by atoms with Crippen LogP contribution in [0.25, 0.3) is 0 Å². The van der Waals surface area contributed by atoms with Gasteiger partial charge in [0.2, 0.25) is 0 Å². The second-order valence-electron chi connectivity index (χ2n) is 5.77. The van der Waals surface area contributed by atoms with E-state index in [0.29, 0.717) is 11.9 Å². The summed E-state index contributed by atoms with van der Waals surface area (Å²) >= 11 is 0. The first kappa shape index (κ1) is 14.1. The van der Waals surface area contributed by atoms with Crippen molar-refractivity contribution in [2.24, 2.45) is 11.8 Å². The fourth-order valence-electron chi connectivity index (χ4n) is 2.68. The van der Waals surface area contributed by atoms with Crippen molar-refractivity contribution in [3.8, 4) is 0 Å². The average molecular weight is 263 g/mol. The summed E-state index contributed by atoms with van der Waals surface area (Å²) in [7, 11) is 0. The smallest absolute Gasteiger partial charge is 0.145 e. The van der Waals surface area contributed by atoms with Crippen molar-refractivity contribution in [3.63, 3.8) is 0 Å². The van der Waals surface area contributed by atoms with Gasteiger partial charge in [-0.1, -0.05) is 26.7 Å². The van der Waals surface area contributed by atoms with Crippen LogP contribution in [-0.2, 0) is 0 Å². The van der Waals surface area contributed by atoms with Gasteiger partial charge in [-0.2, -0.15) is 0 Å². The van der Waals surface area contributed by atoms with E-state index in [0.717, 1.165) is 17.6 Å². The van der Waals surface area contributed by atoms with Gasteiger partial charge < -0.3 is 10.7 Å². The highest BCUT2D eigenvalue weighted by atomic mass is 15.3. The van der Waals surface area contributed by atoms with Crippen LogP contribution in [0.1, 0.15) is 58.2 Å². The average Bonchev–Trinajstić information content (AvgIpc) is 2.92. The Balaban J connectivity index is 2.11. The summed E-state index contributed by atoms with van der Waals surface area (Å²) in [5, 5.41) is 3.51. The molecule has 0 spiro atoms. The number of nitrogens with two attached hydrogens (primary N) is 1. The normalized spacial score (nSPS) is 17.7. The Bertz CT molecular complexity index is 412. The lowest BCUT2D eigenvalue weighted by atomic mass is 10.00. The zero-order valence-corrected chi connectivity index (χ0v) is 12.1. The first-order valence-corrected chi connectivity index (χ1v) is 7.22. The molecule has 0 aliphatic heterocycles. The van der Waals surface area contributed by atoms with Crippen LogP contribution in [0.2, 0.25) is 0 Å². The molecule has 5 heteroatoms. The number of hydrogen-bond donors (Lipinski definition) is 3. The molecule has 0 bridgehead atoms. The third-order valence-corrected chi connectivity index (χ3v) is 3.89. The van der Waals surface area contributed by atoms with E-state index < -0.39 is 0 Å². The number of hydrazine groups is 1. The van der Waals surface area contributed by atoms with Crippen LogP contribution < -0.4 is 16.6 Å². The predicted octanol–water partition coefficient (Wildman–Crippen LogP) is 2.88. The standard InChI is InChI=1S/C14H25N5/c1-9(2)14-17-12(8-13(18-14)19-15)16-10(3)11-6-4-5-7-11/h8-11H,4-7,15H2,1-3H3,(H2,16,17,18,19). The maximum Gasteiger partial charge on any atom is 0.145 e. The summed E-state index contributed by atoms with van der Waals surface area (Å²) in [5.41, 5.74) is 2.61. The van der Waals surface area contributed by atoms with Crippen LogP contribution in [0.4, 0.5) is 11.6 Å². The van der Waals surface area contributed by atoms with Crippen molar-refractivity contribution in [2.45, 2.75) is 58.4 Å². The molecule has 1 aromatic rings. The molecule has 0 amide bonds. The third-order valence-electron chi connectivity index (χ3n) is 3.89. The van der Waals surface area contributed by atoms with Crippen molar-refractivity contribution < 1.29 is 0 Å². The summed E-state index contributed by atoms with van der Waals surface area (Å²) in [6, 6.07) is 2.32. The van der Waals surface area contributed by atoms with Gasteiger partial charge in [0.25, 0.3) is 0 Å². The zero-order valence-electron chi connectivity index (χ0n) is 12.1. The monoisotopic (exact) mass is 263 g/mol. The Morgan fingerprint density at radius 1 is 1.16 bits per heavy atom. The quantitative estimate of drug-likeness (QED) is 0.562. The summed E-state index contributed by atoms with van der Waals surface area (Å²) in [4.78, 5) is 8.94. The van der Waals surface area contributed by atoms with Crippen molar-refractivity contribution in [1.29, 1.82) is 0 Å². The van der Waals surface area contributed by atoms with E-state index in [9.17, 15) is 0 Å². The van der Waals surface area contributed by atoms with Gasteiger partial charge in [0, 0.05) is 18.0 Å². The van der Waals surface area contributed by atoms with Crippen LogP contribution in [0.15, 0.2) is 6.07 Å². The molecule has 1 aromatic heterocycles. The lowest BCUT2D eigenvalue weighted by Gasteiger charge is -2.21. The molecule has 19 heavy (non-hydrogen) atoms. The molecular weight excluding hydrogens is 238 g/mol. The Morgan fingerprint density at radius 2 is 1.79 bits per heavy atom. The molecule has 1 unspecified atom stereocenters. The van der Waals surface area contributed by atoms with E-state index in [1.165, 1.54) is 25.7 Å². The molecule has 2 rings (SSSR count). The number of rotatable bonds is 5. The highest BCUT2D eigenvalue weighted by molar-refractivity contribution is 5.47. The lowest BCUT2D eigenvalue weighted by Crippen LogP contribution is -2.25. The topological polar surface area (TPSA) is 75.9 Å². The molecule has 1 saturated carbocycles. The van der Waals surface area contributed by atoms with Gasteiger partial charge in [-0.25, -0.2) is 15.8 Å². The minimum atomic E-state index is 0.288. The van der Waals surface area contributed by atoms with E-state index >= 15 is 0 Å². The molecule has 4 N–H and O–H groups in total. The number of nitrogens with zero attached hydrogens (tertiary/aromatic N) is 2. The van der Waals surface area contributed by atoms with E-state index in [-0.39, 0.29) is 5.92 Å². The molecule has 1 aliphatic rings. The highest BCUT2D eigenvalue weighted by Crippen LogP contribution is 2.29. The SMILES string of the molecule is CC(C)c1nc(NN)cc(NC(C)C2CCCC2)n1. The largest absolute Gasteiger partial charge is 0.367 e. The molecule has 5 nitrogen and oxygen atoms in total. The predicted molar refractivity (Wildman–Crippen MR) is 79.0 cm³/mol. The second-order valence-corrected chi connectivity index (χ2v) is 5.77. The Morgan fingerprint density at radius 3 is 2.37 bits per heavy atom. The van der Waals surface area contributed by atoms with Gasteiger partial charge in [-0.15, -0.1) is 0 Å². The van der Waals surface area contributed by atoms with Crippen LogP contribution in [0.5, 0.6) is 0 Å². The van der Waals surface area contributed by atoms with Gasteiger partial charge in [-0.05, 0) is 25.7 Å². The maximum atomic E-state index is 5.47. The number of hydrogen-bond acceptors (Lipinski definition) is 5. The lowest BCUT2D eigenvalue weighted by molar-refractivity contribution is 0.481. The van der Waals surface area contributed by atoms with Crippen molar-refractivity contribution in [2.75, 3.05) is 10.7 Å². The molecule has 0 radical (unpaired) electrons. The number of anilines is 2. The van der Waals surface area contributed by atoms with Crippen molar-refractivity contribution in [1.82, 2.24) is 9.97 Å². The molecule has 1 heterocycles. The third kappa shape index (κ3) is 3.56. The molecular formula is C14H25N5. The van der Waals surface area contributed by atoms with Gasteiger partial charge >= 0.3 is 0 Å². The van der Waals surface area contributed by atoms with Gasteiger partial charge in [-0.3, -0.25) is 0 Å². The number of aromatic nitrogens is 2. The molecule has 1 aliphatic carbocycles. The number of nitrogens with one attached hydrogen (secondary N) is 2. The zero-order chi connectivity index (χ0) is 13.8. The van der Waals surface area contributed by atoms with E-state index in [1.54, 1.807) is 0 Å². The number of nitrogen functional groups attached to an aromatic ring is 1. The van der Waals surface area contributed by atoms with E-state index in [1.807, 2.05) is 6.07 Å². The first-order chi connectivity index (χ1) is 9.10. The highest BCUT2D eigenvalue weighted by Gasteiger charge is 2.22. The summed E-state index contributed by atoms with van der Waals surface area (Å²) in [6.45, 7) is 6.41. The van der Waals surface area contributed by atoms with Crippen LogP contribution in [-0.4, -0.2) is 16.0 Å². The molecule has 0 aromatic carbocycles. The Kier molecular flexibility index (Phi) is 4.58. The molecule has 1 atom stereocenters. The van der Waals surface area contributed by atoms with Crippen LogP contribution in [0.3, 0.4) is 0 Å². The van der Waals surface area contributed by atoms with E-state index in [2.05, 4.69) is 41.5 Å². The van der Waals surface area contributed by atoms with Crippen molar-refractivity contribution in [3.05, 3.63) is 11.9 Å². The Hall–Kier alpha value is -1.36. The second kappa shape index (κ2) is 6.19. The van der Waals surface area contributed by atoms with Gasteiger partial charge in [0.1, 0.15) is 17.5 Å².